The van der Waals surface area contributed by atoms with Crippen LogP contribution >= 0.6 is 15.9 Å². The summed E-state index contributed by atoms with van der Waals surface area (Å²) in [7, 11) is -2.11. The number of hydrogen-bond acceptors (Lipinski definition) is 3. The van der Waals surface area contributed by atoms with Crippen molar-refractivity contribution in [3.63, 3.8) is 0 Å². The van der Waals surface area contributed by atoms with E-state index in [1.807, 2.05) is 24.3 Å². The number of aliphatic hydroxyl groups excluding tert-OH is 1. The van der Waals surface area contributed by atoms with Gasteiger partial charge in [0.2, 0.25) is 10.0 Å². The van der Waals surface area contributed by atoms with Crippen molar-refractivity contribution in [1.29, 1.82) is 0 Å². The van der Waals surface area contributed by atoms with Crippen molar-refractivity contribution in [1.82, 2.24) is 4.31 Å². The van der Waals surface area contributed by atoms with E-state index < -0.39 is 16.1 Å². The van der Waals surface area contributed by atoms with Gasteiger partial charge in [0.1, 0.15) is 0 Å². The Morgan fingerprint density at radius 3 is 1.95 bits per heavy atom. The molecule has 2 aromatic rings. The Balaban J connectivity index is 2.26. The molecule has 1 atom stereocenters. The maximum Gasteiger partial charge on any atom is 0.242 e. The molecule has 22 heavy (non-hydrogen) atoms. The van der Waals surface area contributed by atoms with Gasteiger partial charge in [0.15, 0.2) is 0 Å². The van der Waals surface area contributed by atoms with Gasteiger partial charge < -0.3 is 5.11 Å². The lowest BCUT2D eigenvalue weighted by molar-refractivity contribution is 0.171. The standard InChI is InChI=1S/C16H18BrNO3S/c1-12(19)11-18(2)22(20,21)16-9-5-14(6-10-16)13-3-7-15(17)8-4-13/h3-10,12,19H,11H2,1-2H3/t12-/m0/s1. The Morgan fingerprint density at radius 1 is 1.05 bits per heavy atom. The first-order chi connectivity index (χ1) is 10.3. The Morgan fingerprint density at radius 2 is 1.50 bits per heavy atom. The first-order valence-electron chi connectivity index (χ1n) is 6.81. The second-order valence-electron chi connectivity index (χ2n) is 5.17. The molecule has 2 aromatic carbocycles. The van der Waals surface area contributed by atoms with Crippen molar-refractivity contribution in [2.24, 2.45) is 0 Å². The molecule has 0 saturated carbocycles. The Hall–Kier alpha value is -1.21. The number of halogens is 1. The van der Waals surface area contributed by atoms with Gasteiger partial charge in [0.05, 0.1) is 11.0 Å². The molecule has 0 aliphatic carbocycles. The lowest BCUT2D eigenvalue weighted by Crippen LogP contribution is -2.33. The molecule has 118 valence electrons. The van der Waals surface area contributed by atoms with E-state index in [2.05, 4.69) is 15.9 Å². The first-order valence-corrected chi connectivity index (χ1v) is 9.04. The zero-order chi connectivity index (χ0) is 16.3. The third kappa shape index (κ3) is 3.95. The van der Waals surface area contributed by atoms with E-state index in [0.717, 1.165) is 19.9 Å². The predicted octanol–water partition coefficient (Wildman–Crippen LogP) is 3.12. The SMILES string of the molecule is C[C@H](O)CN(C)S(=O)(=O)c1ccc(-c2ccc(Br)cc2)cc1. The number of likely N-dealkylation sites (N-methyl/N-ethyl adjacent to an activating group) is 1. The van der Waals surface area contributed by atoms with Crippen LogP contribution in [0.3, 0.4) is 0 Å². The molecule has 0 aliphatic rings. The van der Waals surface area contributed by atoms with E-state index in [1.54, 1.807) is 31.2 Å². The van der Waals surface area contributed by atoms with Crippen LogP contribution in [0.4, 0.5) is 0 Å². The summed E-state index contributed by atoms with van der Waals surface area (Å²) in [6, 6.07) is 14.6. The molecule has 2 rings (SSSR count). The fourth-order valence-corrected chi connectivity index (χ4v) is 3.63. The number of hydrogen-bond donors (Lipinski definition) is 1. The highest BCUT2D eigenvalue weighted by molar-refractivity contribution is 9.10. The van der Waals surface area contributed by atoms with E-state index in [9.17, 15) is 13.5 Å². The topological polar surface area (TPSA) is 57.6 Å². The molecule has 0 saturated heterocycles. The number of rotatable bonds is 5. The molecule has 0 heterocycles. The summed E-state index contributed by atoms with van der Waals surface area (Å²) in [6.45, 7) is 1.62. The van der Waals surface area contributed by atoms with Gasteiger partial charge in [0.25, 0.3) is 0 Å². The Bertz CT molecular complexity index is 725. The van der Waals surface area contributed by atoms with Gasteiger partial charge in [-0.05, 0) is 42.3 Å². The fourth-order valence-electron chi connectivity index (χ4n) is 2.11. The third-order valence-electron chi connectivity index (χ3n) is 3.26. The molecule has 0 amide bonds. The average molecular weight is 384 g/mol. The van der Waals surface area contributed by atoms with Gasteiger partial charge >= 0.3 is 0 Å². The summed E-state index contributed by atoms with van der Waals surface area (Å²) >= 11 is 3.39. The summed E-state index contributed by atoms with van der Waals surface area (Å²) in [5, 5.41) is 9.34. The van der Waals surface area contributed by atoms with Crippen molar-refractivity contribution in [2.45, 2.75) is 17.9 Å². The van der Waals surface area contributed by atoms with Crippen LogP contribution in [0.1, 0.15) is 6.92 Å². The second kappa shape index (κ2) is 6.91. The van der Waals surface area contributed by atoms with Crippen LogP contribution in [0, 0.1) is 0 Å². The molecule has 0 unspecified atom stereocenters. The van der Waals surface area contributed by atoms with Gasteiger partial charge in [-0.1, -0.05) is 40.2 Å². The minimum Gasteiger partial charge on any atom is -0.392 e. The molecule has 1 N–H and O–H groups in total. The molecule has 0 aliphatic heterocycles. The lowest BCUT2D eigenvalue weighted by Gasteiger charge is -2.18. The van der Waals surface area contributed by atoms with Crippen molar-refractivity contribution in [3.8, 4) is 11.1 Å². The maximum atomic E-state index is 12.4. The minimum atomic E-state index is -3.57. The third-order valence-corrected chi connectivity index (χ3v) is 5.63. The van der Waals surface area contributed by atoms with Crippen LogP contribution in [-0.4, -0.2) is 37.5 Å². The number of sulfonamides is 1. The molecule has 0 bridgehead atoms. The molecule has 0 aromatic heterocycles. The Labute approximate surface area is 139 Å². The van der Waals surface area contributed by atoms with E-state index >= 15 is 0 Å². The van der Waals surface area contributed by atoms with Crippen LogP contribution in [-0.2, 0) is 10.0 Å². The van der Waals surface area contributed by atoms with Gasteiger partial charge in [-0.2, -0.15) is 4.31 Å². The number of benzene rings is 2. The highest BCUT2D eigenvalue weighted by Crippen LogP contribution is 2.24. The van der Waals surface area contributed by atoms with Crippen molar-refractivity contribution >= 4 is 26.0 Å². The van der Waals surface area contributed by atoms with Gasteiger partial charge in [-0.15, -0.1) is 0 Å². The summed E-state index contributed by atoms with van der Waals surface area (Å²) in [5.41, 5.74) is 1.97. The first kappa shape index (κ1) is 17.1. The zero-order valence-electron chi connectivity index (χ0n) is 12.4. The average Bonchev–Trinajstić information content (AvgIpc) is 2.47. The predicted molar refractivity (Wildman–Crippen MR) is 91.1 cm³/mol. The van der Waals surface area contributed by atoms with Gasteiger partial charge in [-0.3, -0.25) is 0 Å². The van der Waals surface area contributed by atoms with Gasteiger partial charge in [-0.25, -0.2) is 8.42 Å². The quantitative estimate of drug-likeness (QED) is 0.862. The second-order valence-corrected chi connectivity index (χ2v) is 8.13. The van der Waals surface area contributed by atoms with Crippen LogP contribution in [0.5, 0.6) is 0 Å². The van der Waals surface area contributed by atoms with E-state index in [0.29, 0.717) is 0 Å². The smallest absolute Gasteiger partial charge is 0.242 e. The normalized spacial score (nSPS) is 13.3. The van der Waals surface area contributed by atoms with E-state index in [4.69, 9.17) is 0 Å². The summed E-state index contributed by atoms with van der Waals surface area (Å²) in [5.74, 6) is 0. The van der Waals surface area contributed by atoms with Crippen molar-refractivity contribution in [3.05, 3.63) is 53.0 Å². The number of aliphatic hydroxyl groups is 1. The molecule has 0 spiro atoms. The van der Waals surface area contributed by atoms with E-state index in [1.165, 1.54) is 7.05 Å². The molecule has 4 nitrogen and oxygen atoms in total. The lowest BCUT2D eigenvalue weighted by atomic mass is 10.1. The van der Waals surface area contributed by atoms with E-state index in [-0.39, 0.29) is 11.4 Å². The van der Waals surface area contributed by atoms with Crippen LogP contribution in [0.15, 0.2) is 57.9 Å². The highest BCUT2D eigenvalue weighted by Gasteiger charge is 2.21. The van der Waals surface area contributed by atoms with Crippen LogP contribution in [0.2, 0.25) is 0 Å². The largest absolute Gasteiger partial charge is 0.392 e. The summed E-state index contributed by atoms with van der Waals surface area (Å²) < 4.78 is 26.9. The van der Waals surface area contributed by atoms with Crippen LogP contribution in [0.25, 0.3) is 11.1 Å². The molecule has 0 radical (unpaired) electrons. The molecule has 6 heteroatoms. The molecular weight excluding hydrogens is 366 g/mol. The Kier molecular flexibility index (Phi) is 5.39. The molecule has 0 fully saturated rings. The monoisotopic (exact) mass is 383 g/mol. The zero-order valence-corrected chi connectivity index (χ0v) is 14.8. The van der Waals surface area contributed by atoms with Crippen molar-refractivity contribution < 1.29 is 13.5 Å². The van der Waals surface area contributed by atoms with Crippen LogP contribution < -0.4 is 0 Å². The number of nitrogens with zero attached hydrogens (tertiary/aromatic N) is 1. The fraction of sp³-hybridized carbons (Fsp3) is 0.250. The maximum absolute atomic E-state index is 12.4. The molecular formula is C16H18BrNO3S. The van der Waals surface area contributed by atoms with Gasteiger partial charge in [0, 0.05) is 18.1 Å². The highest BCUT2D eigenvalue weighted by atomic mass is 79.9. The minimum absolute atomic E-state index is 0.0663. The summed E-state index contributed by atoms with van der Waals surface area (Å²) in [4.78, 5) is 0.219. The van der Waals surface area contributed by atoms with Crippen molar-refractivity contribution in [2.75, 3.05) is 13.6 Å². The summed E-state index contributed by atoms with van der Waals surface area (Å²) in [6.07, 6.45) is -0.707.